The first-order chi connectivity index (χ1) is 15.7. The third-order valence-corrected chi connectivity index (χ3v) is 4.49. The number of hydrogen-bond acceptors (Lipinski definition) is 6. The van der Waals surface area contributed by atoms with Crippen molar-refractivity contribution in [1.82, 2.24) is 0 Å². The van der Waals surface area contributed by atoms with Gasteiger partial charge in [0.05, 0.1) is 5.69 Å². The topological polar surface area (TPSA) is 107 Å². The maximum absolute atomic E-state index is 14.0. The van der Waals surface area contributed by atoms with Gasteiger partial charge in [-0.15, -0.1) is 0 Å². The lowest BCUT2D eigenvalue weighted by atomic mass is 9.90. The number of nitrogens with one attached hydrogen (secondary N) is 2. The molecule has 1 aliphatic rings. The van der Waals surface area contributed by atoms with Crippen molar-refractivity contribution >= 4 is 41.3 Å². The first-order valence-electron chi connectivity index (χ1n) is 8.84. The molecule has 0 radical (unpaired) electrons. The number of fused-ring (bicyclic) bond motifs is 1. The van der Waals surface area contributed by atoms with Crippen LogP contribution in [0.25, 0.3) is 0 Å². The number of benzene rings is 1. The molecule has 34 heavy (non-hydrogen) atoms. The number of ether oxygens (including phenoxy) is 2. The van der Waals surface area contributed by atoms with E-state index in [2.05, 4.69) is 19.6 Å². The Hall–Kier alpha value is -3.75. The third kappa shape index (κ3) is 5.08. The van der Waals surface area contributed by atoms with Gasteiger partial charge in [-0.2, -0.15) is 36.5 Å². The molecule has 182 valence electrons. The molecule has 2 N–H and O–H groups in total. The van der Waals surface area contributed by atoms with Gasteiger partial charge in [-0.1, -0.05) is 17.7 Å². The minimum absolute atomic E-state index is 0.145. The lowest BCUT2D eigenvalue weighted by Crippen LogP contribution is -2.54. The number of aromatic nitrogens is 1. The van der Waals surface area contributed by atoms with Crippen molar-refractivity contribution in [2.45, 2.75) is 18.0 Å². The molecule has 0 saturated heterocycles. The second-order valence-corrected chi connectivity index (χ2v) is 6.95. The van der Waals surface area contributed by atoms with E-state index in [1.54, 1.807) is 0 Å². The quantitative estimate of drug-likeness (QED) is 0.476. The van der Waals surface area contributed by atoms with Crippen LogP contribution in [0.4, 0.5) is 47.4 Å². The molecule has 16 heteroatoms. The summed E-state index contributed by atoms with van der Waals surface area (Å²) in [6, 6.07) is 6.44. The van der Waals surface area contributed by atoms with Crippen LogP contribution in [-0.2, 0) is 19.9 Å². The number of amides is 2. The van der Waals surface area contributed by atoms with Gasteiger partial charge < -0.3 is 9.47 Å². The SMILES string of the molecule is O=C(Nc1cccc[n+]1OC(=O)C(F)(F)F)OCC1(C(F)(F)F)OC(=O)Nc2ccc(Cl)cc21. The molecule has 1 aromatic carbocycles. The van der Waals surface area contributed by atoms with Gasteiger partial charge in [0.15, 0.2) is 0 Å². The summed E-state index contributed by atoms with van der Waals surface area (Å²) in [6.45, 7) is -1.59. The first-order valence-corrected chi connectivity index (χ1v) is 9.21. The summed E-state index contributed by atoms with van der Waals surface area (Å²) in [5.74, 6) is -3.23. The Morgan fingerprint density at radius 1 is 1.15 bits per heavy atom. The van der Waals surface area contributed by atoms with Gasteiger partial charge in [0.25, 0.3) is 5.60 Å². The number of nitrogens with zero attached hydrogens (tertiary/aromatic N) is 1. The van der Waals surface area contributed by atoms with Crippen molar-refractivity contribution in [2.75, 3.05) is 17.2 Å². The summed E-state index contributed by atoms with van der Waals surface area (Å²) in [5, 5.41) is 3.74. The molecule has 9 nitrogen and oxygen atoms in total. The lowest BCUT2D eigenvalue weighted by molar-refractivity contribution is -0.859. The Kier molecular flexibility index (Phi) is 6.50. The molecule has 2 amide bonds. The Morgan fingerprint density at radius 2 is 1.85 bits per heavy atom. The van der Waals surface area contributed by atoms with Crippen LogP contribution < -0.4 is 20.2 Å². The number of pyridine rings is 1. The van der Waals surface area contributed by atoms with E-state index < -0.39 is 54.1 Å². The van der Waals surface area contributed by atoms with Crippen LogP contribution in [0.5, 0.6) is 0 Å². The zero-order valence-electron chi connectivity index (χ0n) is 16.3. The van der Waals surface area contributed by atoms with Gasteiger partial charge in [-0.05, 0) is 29.0 Å². The number of carbonyl (C=O) groups excluding carboxylic acids is 3. The molecule has 1 aromatic heterocycles. The van der Waals surface area contributed by atoms with E-state index in [9.17, 15) is 40.7 Å². The molecule has 0 spiro atoms. The Morgan fingerprint density at radius 3 is 2.50 bits per heavy atom. The smallest absolute Gasteiger partial charge is 0.426 e. The Balaban J connectivity index is 1.84. The predicted octanol–water partition coefficient (Wildman–Crippen LogP) is 3.71. The molecule has 1 atom stereocenters. The molecule has 2 heterocycles. The van der Waals surface area contributed by atoms with Gasteiger partial charge in [0, 0.05) is 16.7 Å². The van der Waals surface area contributed by atoms with Crippen LogP contribution in [0.1, 0.15) is 5.56 Å². The molecule has 0 aliphatic carbocycles. The number of halogens is 7. The fraction of sp³-hybridized carbons (Fsp3) is 0.222. The second-order valence-electron chi connectivity index (χ2n) is 6.52. The lowest BCUT2D eigenvalue weighted by Gasteiger charge is -2.38. The summed E-state index contributed by atoms with van der Waals surface area (Å²) < 4.78 is 88.7. The van der Waals surface area contributed by atoms with Crippen molar-refractivity contribution in [2.24, 2.45) is 0 Å². The van der Waals surface area contributed by atoms with Crippen molar-refractivity contribution in [1.29, 1.82) is 0 Å². The molecule has 1 unspecified atom stereocenters. The molecule has 0 saturated carbocycles. The minimum Gasteiger partial charge on any atom is -0.426 e. The molecule has 1 aliphatic heterocycles. The fourth-order valence-corrected chi connectivity index (χ4v) is 2.93. The zero-order chi connectivity index (χ0) is 25.3. The van der Waals surface area contributed by atoms with E-state index in [-0.39, 0.29) is 15.4 Å². The van der Waals surface area contributed by atoms with E-state index in [0.717, 1.165) is 30.5 Å². The maximum atomic E-state index is 14.0. The summed E-state index contributed by atoms with van der Waals surface area (Å²) in [5.41, 5.74) is -4.42. The van der Waals surface area contributed by atoms with E-state index >= 15 is 0 Å². The van der Waals surface area contributed by atoms with Crippen molar-refractivity contribution < 1.29 is 59.8 Å². The van der Waals surface area contributed by atoms with Gasteiger partial charge in [-0.3, -0.25) is 5.32 Å². The average molecular weight is 515 g/mol. The highest BCUT2D eigenvalue weighted by molar-refractivity contribution is 6.30. The van der Waals surface area contributed by atoms with Crippen molar-refractivity contribution in [3.05, 3.63) is 53.2 Å². The number of anilines is 2. The van der Waals surface area contributed by atoms with Crippen LogP contribution in [0, 0.1) is 0 Å². The van der Waals surface area contributed by atoms with Crippen molar-refractivity contribution in [3.63, 3.8) is 0 Å². The minimum atomic E-state index is -5.37. The van der Waals surface area contributed by atoms with E-state index in [1.165, 1.54) is 12.1 Å². The summed E-state index contributed by atoms with van der Waals surface area (Å²) in [7, 11) is 0. The first kappa shape index (κ1) is 24.9. The second kappa shape index (κ2) is 8.89. The monoisotopic (exact) mass is 514 g/mol. The standard InChI is InChI=1S/C18H10ClF6N3O6/c19-9-4-5-11-10(7-9)16(18(23,24)25,33-15(31)26-11)8-32-14(30)27-12-3-1-2-6-28(12)34-13(29)17(20,21)22/h1-7H,8H2,(H,26,31)/p+1. The molecule has 3 rings (SSSR count). The van der Waals surface area contributed by atoms with E-state index in [1.807, 2.05) is 5.32 Å². The molecular weight excluding hydrogens is 504 g/mol. The van der Waals surface area contributed by atoms with Crippen LogP contribution in [0.2, 0.25) is 5.02 Å². The molecule has 0 bridgehead atoms. The van der Waals surface area contributed by atoms with E-state index in [4.69, 9.17) is 11.6 Å². The fourth-order valence-electron chi connectivity index (χ4n) is 2.76. The van der Waals surface area contributed by atoms with Gasteiger partial charge >= 0.3 is 36.3 Å². The zero-order valence-corrected chi connectivity index (χ0v) is 17.0. The highest BCUT2D eigenvalue weighted by Gasteiger charge is 2.63. The number of carbonyl (C=O) groups is 3. The molecular formula is C18H11ClF6N3O6+. The number of hydrogen-bond donors (Lipinski definition) is 2. The number of alkyl halides is 6. The van der Waals surface area contributed by atoms with Crippen LogP contribution >= 0.6 is 11.6 Å². The van der Waals surface area contributed by atoms with Crippen LogP contribution in [0.3, 0.4) is 0 Å². The molecule has 2 aromatic rings. The highest BCUT2D eigenvalue weighted by atomic mass is 35.5. The largest absolute Gasteiger partial charge is 0.505 e. The molecule has 0 fully saturated rings. The predicted molar refractivity (Wildman–Crippen MR) is 98.5 cm³/mol. The van der Waals surface area contributed by atoms with Gasteiger partial charge in [0.1, 0.15) is 12.8 Å². The third-order valence-electron chi connectivity index (χ3n) is 4.25. The van der Waals surface area contributed by atoms with Crippen molar-refractivity contribution in [3.8, 4) is 0 Å². The maximum Gasteiger partial charge on any atom is 0.505 e. The Bertz CT molecular complexity index is 1140. The van der Waals surface area contributed by atoms with E-state index in [0.29, 0.717) is 0 Å². The van der Waals surface area contributed by atoms with Gasteiger partial charge in [-0.25, -0.2) is 14.4 Å². The summed E-state index contributed by atoms with van der Waals surface area (Å²) in [6.07, 6.45) is -12.9. The van der Waals surface area contributed by atoms with Crippen LogP contribution in [-0.4, -0.2) is 37.1 Å². The van der Waals surface area contributed by atoms with Gasteiger partial charge in [0.2, 0.25) is 0 Å². The number of cyclic esters (lactones) is 1. The average Bonchev–Trinajstić information content (AvgIpc) is 2.72. The summed E-state index contributed by atoms with van der Waals surface area (Å²) in [4.78, 5) is 39.0. The number of rotatable bonds is 4. The Labute approximate surface area is 190 Å². The highest BCUT2D eigenvalue weighted by Crippen LogP contribution is 2.48. The van der Waals surface area contributed by atoms with Crippen LogP contribution in [0.15, 0.2) is 42.6 Å². The summed E-state index contributed by atoms with van der Waals surface area (Å²) >= 11 is 5.77. The normalized spacial score (nSPS) is 17.7.